The SMILES string of the molecule is O=S(=O)(c1cccc(F)c1)c1[nH]nc2ncc(N3CCNCC3)cc12. The zero-order valence-electron chi connectivity index (χ0n) is 13.2. The Morgan fingerprint density at radius 3 is 2.72 bits per heavy atom. The lowest BCUT2D eigenvalue weighted by Crippen LogP contribution is -2.43. The van der Waals surface area contributed by atoms with Crippen molar-refractivity contribution in [1.29, 1.82) is 0 Å². The van der Waals surface area contributed by atoms with Gasteiger partial charge in [0.25, 0.3) is 0 Å². The van der Waals surface area contributed by atoms with Gasteiger partial charge in [0, 0.05) is 26.2 Å². The molecule has 1 aliphatic heterocycles. The molecule has 0 amide bonds. The summed E-state index contributed by atoms with van der Waals surface area (Å²) >= 11 is 0. The Hall–Kier alpha value is -2.52. The molecule has 0 radical (unpaired) electrons. The molecule has 9 heteroatoms. The highest BCUT2D eigenvalue weighted by Gasteiger charge is 2.25. The van der Waals surface area contributed by atoms with E-state index in [1.54, 1.807) is 12.3 Å². The molecule has 3 heterocycles. The van der Waals surface area contributed by atoms with E-state index in [1.165, 1.54) is 18.2 Å². The maximum atomic E-state index is 13.4. The molecule has 0 atom stereocenters. The van der Waals surface area contributed by atoms with Crippen molar-refractivity contribution >= 4 is 26.6 Å². The third kappa shape index (κ3) is 2.85. The number of aromatic amines is 1. The highest BCUT2D eigenvalue weighted by atomic mass is 32.2. The molecule has 0 aliphatic carbocycles. The molecule has 25 heavy (non-hydrogen) atoms. The van der Waals surface area contributed by atoms with E-state index < -0.39 is 15.7 Å². The number of benzene rings is 1. The van der Waals surface area contributed by atoms with Crippen LogP contribution in [0.3, 0.4) is 0 Å². The van der Waals surface area contributed by atoms with Gasteiger partial charge in [0.15, 0.2) is 10.7 Å². The highest BCUT2D eigenvalue weighted by molar-refractivity contribution is 7.91. The molecule has 1 aliphatic rings. The summed E-state index contributed by atoms with van der Waals surface area (Å²) in [7, 11) is -3.92. The number of sulfone groups is 1. The number of rotatable bonds is 3. The molecule has 1 fully saturated rings. The average molecular weight is 361 g/mol. The summed E-state index contributed by atoms with van der Waals surface area (Å²) in [5.41, 5.74) is 1.15. The van der Waals surface area contributed by atoms with Crippen molar-refractivity contribution in [3.63, 3.8) is 0 Å². The van der Waals surface area contributed by atoms with Crippen LogP contribution in [0, 0.1) is 5.82 Å². The van der Waals surface area contributed by atoms with Crippen LogP contribution >= 0.6 is 0 Å². The number of hydrogen-bond acceptors (Lipinski definition) is 6. The molecular weight excluding hydrogens is 345 g/mol. The predicted octanol–water partition coefficient (Wildman–Crippen LogP) is 1.34. The van der Waals surface area contributed by atoms with Crippen molar-refractivity contribution in [2.75, 3.05) is 31.1 Å². The van der Waals surface area contributed by atoms with Crippen molar-refractivity contribution in [1.82, 2.24) is 20.5 Å². The van der Waals surface area contributed by atoms with Crippen LogP contribution in [0.2, 0.25) is 0 Å². The van der Waals surface area contributed by atoms with E-state index in [4.69, 9.17) is 0 Å². The van der Waals surface area contributed by atoms with E-state index in [-0.39, 0.29) is 9.92 Å². The monoisotopic (exact) mass is 361 g/mol. The molecule has 1 aromatic carbocycles. The number of fused-ring (bicyclic) bond motifs is 1. The zero-order valence-corrected chi connectivity index (χ0v) is 14.1. The molecule has 2 aromatic heterocycles. The fraction of sp³-hybridized carbons (Fsp3) is 0.250. The third-order valence-electron chi connectivity index (χ3n) is 4.22. The van der Waals surface area contributed by atoms with Gasteiger partial charge in [0.05, 0.1) is 22.2 Å². The largest absolute Gasteiger partial charge is 0.368 e. The molecule has 2 N–H and O–H groups in total. The summed E-state index contributed by atoms with van der Waals surface area (Å²) in [6.45, 7) is 3.35. The summed E-state index contributed by atoms with van der Waals surface area (Å²) < 4.78 is 39.2. The van der Waals surface area contributed by atoms with Crippen LogP contribution in [0.5, 0.6) is 0 Å². The normalized spacial score (nSPS) is 15.6. The second kappa shape index (κ2) is 6.08. The molecule has 1 saturated heterocycles. The average Bonchev–Trinajstić information content (AvgIpc) is 3.06. The summed E-state index contributed by atoms with van der Waals surface area (Å²) in [5, 5.41) is 10.1. The van der Waals surface area contributed by atoms with Gasteiger partial charge in [0.1, 0.15) is 5.82 Å². The second-order valence-electron chi connectivity index (χ2n) is 5.82. The molecule has 0 spiro atoms. The Balaban J connectivity index is 1.82. The third-order valence-corrected chi connectivity index (χ3v) is 5.94. The lowest BCUT2D eigenvalue weighted by molar-refractivity contribution is 0.587. The molecule has 7 nitrogen and oxygen atoms in total. The number of halogens is 1. The van der Waals surface area contributed by atoms with Gasteiger partial charge in [-0.25, -0.2) is 17.8 Å². The summed E-state index contributed by atoms with van der Waals surface area (Å²) in [6.07, 6.45) is 1.69. The fourth-order valence-corrected chi connectivity index (χ4v) is 4.29. The summed E-state index contributed by atoms with van der Waals surface area (Å²) in [4.78, 5) is 6.27. The van der Waals surface area contributed by atoms with E-state index in [0.717, 1.165) is 37.9 Å². The number of nitrogens with one attached hydrogen (secondary N) is 2. The van der Waals surface area contributed by atoms with Gasteiger partial charge in [-0.1, -0.05) is 6.07 Å². The Morgan fingerprint density at radius 1 is 1.16 bits per heavy atom. The standard InChI is InChI=1S/C16H16FN5O2S/c17-11-2-1-3-13(8-11)25(23,24)16-14-9-12(10-19-15(14)20-21-16)22-6-4-18-5-7-22/h1-3,8-10,18H,4-7H2,(H,19,20,21). The zero-order chi connectivity index (χ0) is 17.4. The van der Waals surface area contributed by atoms with Crippen LogP contribution < -0.4 is 10.2 Å². The lowest BCUT2D eigenvalue weighted by atomic mass is 10.2. The van der Waals surface area contributed by atoms with Gasteiger partial charge in [-0.05, 0) is 24.3 Å². The number of anilines is 1. The Kier molecular flexibility index (Phi) is 3.89. The Labute approximate surface area is 143 Å². The number of nitrogens with zero attached hydrogens (tertiary/aromatic N) is 3. The molecule has 3 aromatic rings. The number of pyridine rings is 1. The number of piperazine rings is 1. The molecule has 4 rings (SSSR count). The van der Waals surface area contributed by atoms with Crippen LogP contribution in [-0.2, 0) is 9.84 Å². The first kappa shape index (κ1) is 16.0. The fourth-order valence-electron chi connectivity index (χ4n) is 2.92. The van der Waals surface area contributed by atoms with E-state index >= 15 is 0 Å². The maximum absolute atomic E-state index is 13.4. The van der Waals surface area contributed by atoms with Crippen molar-refractivity contribution in [2.45, 2.75) is 9.92 Å². The number of hydrogen-bond donors (Lipinski definition) is 2. The first-order valence-electron chi connectivity index (χ1n) is 7.86. The topological polar surface area (TPSA) is 91.0 Å². The van der Waals surface area contributed by atoms with E-state index in [0.29, 0.717) is 11.0 Å². The minimum atomic E-state index is -3.92. The van der Waals surface area contributed by atoms with Gasteiger partial charge < -0.3 is 10.2 Å². The first-order chi connectivity index (χ1) is 12.1. The maximum Gasteiger partial charge on any atom is 0.224 e. The quantitative estimate of drug-likeness (QED) is 0.732. The Morgan fingerprint density at radius 2 is 1.96 bits per heavy atom. The van der Waals surface area contributed by atoms with Gasteiger partial charge in [-0.3, -0.25) is 5.10 Å². The van der Waals surface area contributed by atoms with Crippen molar-refractivity contribution < 1.29 is 12.8 Å². The van der Waals surface area contributed by atoms with Crippen LogP contribution in [0.25, 0.3) is 11.0 Å². The minimum absolute atomic E-state index is 0.0717. The van der Waals surface area contributed by atoms with Gasteiger partial charge >= 0.3 is 0 Å². The Bertz CT molecular complexity index is 1030. The smallest absolute Gasteiger partial charge is 0.224 e. The van der Waals surface area contributed by atoms with E-state index in [9.17, 15) is 12.8 Å². The second-order valence-corrected chi connectivity index (χ2v) is 7.70. The van der Waals surface area contributed by atoms with Gasteiger partial charge in [-0.15, -0.1) is 0 Å². The molecule has 130 valence electrons. The van der Waals surface area contributed by atoms with Crippen molar-refractivity contribution in [3.8, 4) is 0 Å². The highest BCUT2D eigenvalue weighted by Crippen LogP contribution is 2.28. The molecule has 0 bridgehead atoms. The van der Waals surface area contributed by atoms with Gasteiger partial charge in [0.2, 0.25) is 9.84 Å². The van der Waals surface area contributed by atoms with Crippen LogP contribution in [0.15, 0.2) is 46.5 Å². The number of aromatic nitrogens is 3. The van der Waals surface area contributed by atoms with Crippen LogP contribution in [0.1, 0.15) is 0 Å². The molecular formula is C16H16FN5O2S. The predicted molar refractivity (Wildman–Crippen MR) is 90.8 cm³/mol. The summed E-state index contributed by atoms with van der Waals surface area (Å²) in [5.74, 6) is -0.607. The first-order valence-corrected chi connectivity index (χ1v) is 9.34. The summed E-state index contributed by atoms with van der Waals surface area (Å²) in [6, 6.07) is 6.69. The van der Waals surface area contributed by atoms with Crippen molar-refractivity contribution in [2.24, 2.45) is 0 Å². The van der Waals surface area contributed by atoms with E-state index in [1.807, 2.05) is 0 Å². The van der Waals surface area contributed by atoms with E-state index in [2.05, 4.69) is 25.4 Å². The van der Waals surface area contributed by atoms with Crippen LogP contribution in [-0.4, -0.2) is 49.8 Å². The van der Waals surface area contributed by atoms with Gasteiger partial charge in [-0.2, -0.15) is 5.10 Å². The lowest BCUT2D eigenvalue weighted by Gasteiger charge is -2.29. The minimum Gasteiger partial charge on any atom is -0.368 e. The number of H-pyrrole nitrogens is 1. The van der Waals surface area contributed by atoms with Crippen molar-refractivity contribution in [3.05, 3.63) is 42.3 Å². The van der Waals surface area contributed by atoms with Crippen LogP contribution in [0.4, 0.5) is 10.1 Å². The molecule has 0 saturated carbocycles. The molecule has 0 unspecified atom stereocenters.